The van der Waals surface area contributed by atoms with Crippen LogP contribution in [-0.4, -0.2) is 44.2 Å². The highest BCUT2D eigenvalue weighted by molar-refractivity contribution is 6.36. The molecule has 3 N–H and O–H groups in total. The molecule has 0 radical (unpaired) electrons. The number of hydrogen-bond donors (Lipinski definition) is 3. The van der Waals surface area contributed by atoms with Crippen molar-refractivity contribution in [2.75, 3.05) is 19.0 Å². The highest BCUT2D eigenvalue weighted by atomic mass is 35.5. The highest BCUT2D eigenvalue weighted by Gasteiger charge is 2.19. The van der Waals surface area contributed by atoms with Gasteiger partial charge in [-0.3, -0.25) is 10.1 Å². The number of halogens is 3. The van der Waals surface area contributed by atoms with E-state index in [-0.39, 0.29) is 38.7 Å². The van der Waals surface area contributed by atoms with Crippen LogP contribution in [0.2, 0.25) is 10.0 Å². The number of rotatable bonds is 6. The number of phenolic OH excluding ortho intramolecular Hbond substituents is 1. The lowest BCUT2D eigenvalue weighted by Crippen LogP contribution is -2.17. The summed E-state index contributed by atoms with van der Waals surface area (Å²) in [4.78, 5) is 25.0. The molecule has 0 aliphatic heterocycles. The molecule has 8 nitrogen and oxygen atoms in total. The molecule has 0 aliphatic carbocycles. The standard InChI is InChI=1S/C24H18Cl2FN5O3/c1-35-8-7-32-19-6-5-13(33)11-17(19)29-24(32)31-23(34)12-9-15(26)21-18(10-12)28-22(30-21)20-14(25)3-2-4-16(20)27/h2-6,9-11,33H,7-8H2,1H3,(H,28,30)(H,29,31,34). The van der Waals surface area contributed by atoms with Crippen molar-refractivity contribution in [1.82, 2.24) is 19.5 Å². The molecule has 0 bridgehead atoms. The van der Waals surface area contributed by atoms with Crippen molar-refractivity contribution < 1.29 is 19.0 Å². The van der Waals surface area contributed by atoms with Crippen LogP contribution in [0, 0.1) is 5.82 Å². The molecule has 0 fully saturated rings. The molecule has 5 aromatic rings. The number of fused-ring (bicyclic) bond motifs is 2. The summed E-state index contributed by atoms with van der Waals surface area (Å²) in [6, 6.07) is 12.1. The number of aromatic nitrogens is 4. The third-order valence-electron chi connectivity index (χ3n) is 5.48. The Morgan fingerprint density at radius 1 is 1.14 bits per heavy atom. The zero-order valence-corrected chi connectivity index (χ0v) is 19.8. The third kappa shape index (κ3) is 4.29. The van der Waals surface area contributed by atoms with E-state index in [9.17, 15) is 14.3 Å². The maximum Gasteiger partial charge on any atom is 0.258 e. The fourth-order valence-corrected chi connectivity index (χ4v) is 4.35. The van der Waals surface area contributed by atoms with Crippen LogP contribution >= 0.6 is 23.2 Å². The molecule has 3 aromatic carbocycles. The second-order valence-corrected chi connectivity index (χ2v) is 8.56. The number of methoxy groups -OCH3 is 1. The molecule has 11 heteroatoms. The Bertz CT molecular complexity index is 1580. The molecule has 0 saturated heterocycles. The molecule has 2 heterocycles. The first-order valence-corrected chi connectivity index (χ1v) is 11.2. The number of H-pyrrole nitrogens is 1. The second kappa shape index (κ2) is 9.18. The Morgan fingerprint density at radius 3 is 2.74 bits per heavy atom. The number of benzene rings is 3. The quantitative estimate of drug-likeness (QED) is 0.273. The summed E-state index contributed by atoms with van der Waals surface area (Å²) in [5.74, 6) is -0.464. The molecule has 0 atom stereocenters. The number of aromatic hydroxyl groups is 1. The van der Waals surface area contributed by atoms with Gasteiger partial charge in [0.25, 0.3) is 5.91 Å². The largest absolute Gasteiger partial charge is 0.508 e. The molecule has 5 rings (SSSR count). The van der Waals surface area contributed by atoms with Gasteiger partial charge < -0.3 is 19.4 Å². The first-order chi connectivity index (χ1) is 16.9. The lowest BCUT2D eigenvalue weighted by Gasteiger charge is -2.10. The van der Waals surface area contributed by atoms with Crippen LogP contribution in [0.1, 0.15) is 10.4 Å². The van der Waals surface area contributed by atoms with E-state index in [0.717, 1.165) is 5.52 Å². The van der Waals surface area contributed by atoms with E-state index in [4.69, 9.17) is 27.9 Å². The maximum atomic E-state index is 14.4. The molecular weight excluding hydrogens is 496 g/mol. The van der Waals surface area contributed by atoms with Crippen molar-refractivity contribution in [2.24, 2.45) is 0 Å². The van der Waals surface area contributed by atoms with E-state index in [0.29, 0.717) is 29.7 Å². The van der Waals surface area contributed by atoms with Crippen LogP contribution in [0.25, 0.3) is 33.5 Å². The number of amides is 1. The molecule has 0 unspecified atom stereocenters. The first-order valence-electron chi connectivity index (χ1n) is 10.5. The van der Waals surface area contributed by atoms with Gasteiger partial charge >= 0.3 is 0 Å². The monoisotopic (exact) mass is 513 g/mol. The summed E-state index contributed by atoms with van der Waals surface area (Å²) in [7, 11) is 1.58. The molecule has 0 aliphatic rings. The summed E-state index contributed by atoms with van der Waals surface area (Å²) in [5, 5.41) is 13.0. The molecule has 35 heavy (non-hydrogen) atoms. The fraction of sp³-hybridized carbons (Fsp3) is 0.125. The van der Waals surface area contributed by atoms with Crippen molar-refractivity contribution >= 4 is 57.1 Å². The van der Waals surface area contributed by atoms with Crippen LogP contribution in [0.3, 0.4) is 0 Å². The highest BCUT2D eigenvalue weighted by Crippen LogP contribution is 2.33. The molecular formula is C24H18Cl2FN5O3. The number of carbonyl (C=O) groups is 1. The number of nitrogens with zero attached hydrogens (tertiary/aromatic N) is 3. The first kappa shape index (κ1) is 23.1. The number of ether oxygens (including phenoxy) is 1. The normalized spacial score (nSPS) is 11.4. The smallest absolute Gasteiger partial charge is 0.258 e. The summed E-state index contributed by atoms with van der Waals surface area (Å²) < 4.78 is 21.3. The van der Waals surface area contributed by atoms with Crippen LogP contribution in [0.5, 0.6) is 5.75 Å². The van der Waals surface area contributed by atoms with Gasteiger partial charge in [-0.25, -0.2) is 14.4 Å². The lowest BCUT2D eigenvalue weighted by molar-refractivity contribution is 0.102. The summed E-state index contributed by atoms with van der Waals surface area (Å²) in [5.41, 5.74) is 2.40. The van der Waals surface area contributed by atoms with E-state index in [1.807, 2.05) is 0 Å². The number of phenols is 1. The molecule has 0 saturated carbocycles. The summed E-state index contributed by atoms with van der Waals surface area (Å²) in [6.07, 6.45) is 0. The van der Waals surface area contributed by atoms with Crippen LogP contribution < -0.4 is 5.32 Å². The predicted octanol–water partition coefficient (Wildman–Crippen LogP) is 5.63. The van der Waals surface area contributed by atoms with Crippen molar-refractivity contribution in [2.45, 2.75) is 6.54 Å². The van der Waals surface area contributed by atoms with E-state index in [1.165, 1.54) is 24.3 Å². The number of nitrogens with one attached hydrogen (secondary N) is 2. The number of carbonyl (C=O) groups excluding carboxylic acids is 1. The third-order valence-corrected chi connectivity index (χ3v) is 6.10. The number of anilines is 1. The number of imidazole rings is 2. The van der Waals surface area contributed by atoms with Crippen molar-refractivity contribution in [1.29, 1.82) is 0 Å². The van der Waals surface area contributed by atoms with Gasteiger partial charge in [-0.2, -0.15) is 0 Å². The zero-order chi connectivity index (χ0) is 24.7. The van der Waals surface area contributed by atoms with E-state index in [2.05, 4.69) is 20.3 Å². The van der Waals surface area contributed by atoms with E-state index in [1.54, 1.807) is 35.9 Å². The van der Waals surface area contributed by atoms with Gasteiger partial charge in [0.15, 0.2) is 0 Å². The Kier molecular flexibility index (Phi) is 6.06. The summed E-state index contributed by atoms with van der Waals surface area (Å²) in [6.45, 7) is 0.820. The van der Waals surface area contributed by atoms with Gasteiger partial charge in [-0.1, -0.05) is 29.3 Å². The van der Waals surface area contributed by atoms with Crippen molar-refractivity contribution in [3.05, 3.63) is 70.0 Å². The predicted molar refractivity (Wildman–Crippen MR) is 133 cm³/mol. The fourth-order valence-electron chi connectivity index (χ4n) is 3.84. The molecule has 0 spiro atoms. The zero-order valence-electron chi connectivity index (χ0n) is 18.3. The van der Waals surface area contributed by atoms with Crippen LogP contribution in [0.15, 0.2) is 48.5 Å². The van der Waals surface area contributed by atoms with E-state index < -0.39 is 11.7 Å². The average molecular weight is 514 g/mol. The second-order valence-electron chi connectivity index (χ2n) is 7.74. The number of hydrogen-bond acceptors (Lipinski definition) is 5. The Balaban J connectivity index is 1.51. The molecule has 2 aromatic heterocycles. The average Bonchev–Trinajstić information content (AvgIpc) is 3.38. The number of aromatic amines is 1. The minimum Gasteiger partial charge on any atom is -0.508 e. The maximum absolute atomic E-state index is 14.4. The van der Waals surface area contributed by atoms with Gasteiger partial charge in [0.05, 0.1) is 44.3 Å². The lowest BCUT2D eigenvalue weighted by atomic mass is 10.2. The Morgan fingerprint density at radius 2 is 1.97 bits per heavy atom. The van der Waals surface area contributed by atoms with Crippen molar-refractivity contribution in [3.63, 3.8) is 0 Å². The van der Waals surface area contributed by atoms with E-state index >= 15 is 0 Å². The SMILES string of the molecule is COCCn1c(NC(=O)c2cc(Cl)c3[nH]c(-c4c(F)cccc4Cl)nc3c2)nc2cc(O)ccc21. The van der Waals surface area contributed by atoms with Crippen molar-refractivity contribution in [3.8, 4) is 17.1 Å². The van der Waals surface area contributed by atoms with Crippen LogP contribution in [-0.2, 0) is 11.3 Å². The van der Waals surface area contributed by atoms with Gasteiger partial charge in [0.2, 0.25) is 5.95 Å². The Labute approximate surface area is 208 Å². The minimum atomic E-state index is -0.536. The topological polar surface area (TPSA) is 105 Å². The van der Waals surface area contributed by atoms with Gasteiger partial charge in [0, 0.05) is 25.3 Å². The van der Waals surface area contributed by atoms with Crippen LogP contribution in [0.4, 0.5) is 10.3 Å². The Hall–Kier alpha value is -3.66. The van der Waals surface area contributed by atoms with Gasteiger partial charge in [-0.15, -0.1) is 0 Å². The summed E-state index contributed by atoms with van der Waals surface area (Å²) >= 11 is 12.6. The minimum absolute atomic E-state index is 0.0632. The molecule has 1 amide bonds. The molecule has 178 valence electrons. The van der Waals surface area contributed by atoms with Gasteiger partial charge in [0.1, 0.15) is 17.4 Å². The van der Waals surface area contributed by atoms with Gasteiger partial charge in [-0.05, 0) is 36.4 Å².